The van der Waals surface area contributed by atoms with Crippen molar-refractivity contribution >= 4 is 11.9 Å². The number of ether oxygens (including phenoxy) is 3. The molecule has 80 heavy (non-hydrogen) atoms. The standard InChI is InChI=1S/C69H129NO10/c1-4-7-10-13-16-19-22-25-27-29-31-33-34-36-38-41-44-47-50-53-56-62(73)68(77)70-60(61(72)55-52-49-46-43-40-24-21-18-15-12-9-6-3)59-78-69-67(66(76)65(75)63(58-71)79-69)80-64(74)57-54-51-48-45-42-39-37-35-32-30-28-26-23-20-17-14-11-8-5-2/h16,19,25,27,52,55,60-63,65-67,69,71-73,75-76H,4-15,17-18,20-24,26,28-51,53-54,56-59H2,1-3H3,(H,70,77)/b19-16-,27-25-,55-52+. The Hall–Kier alpha value is -2.12. The molecule has 1 heterocycles. The summed E-state index contributed by atoms with van der Waals surface area (Å²) in [6.07, 6.45) is 58.9. The molecule has 1 saturated heterocycles. The van der Waals surface area contributed by atoms with Crippen molar-refractivity contribution in [2.45, 2.75) is 378 Å². The fraction of sp³-hybridized carbons (Fsp3) is 0.884. The van der Waals surface area contributed by atoms with Crippen molar-refractivity contribution in [2.75, 3.05) is 13.2 Å². The summed E-state index contributed by atoms with van der Waals surface area (Å²) in [5.41, 5.74) is 0. The quantitative estimate of drug-likeness (QED) is 0.0195. The Morgan fingerprint density at radius 3 is 1.30 bits per heavy atom. The molecule has 0 spiro atoms. The number of unbranched alkanes of at least 4 members (excludes halogenated alkanes) is 41. The van der Waals surface area contributed by atoms with Crippen molar-refractivity contribution in [3.8, 4) is 0 Å². The van der Waals surface area contributed by atoms with E-state index in [-0.39, 0.29) is 13.0 Å². The predicted octanol–water partition coefficient (Wildman–Crippen LogP) is 17.0. The maximum atomic E-state index is 13.5. The second-order valence-electron chi connectivity index (χ2n) is 23.9. The Morgan fingerprint density at radius 2 is 0.863 bits per heavy atom. The van der Waals surface area contributed by atoms with Gasteiger partial charge in [0.15, 0.2) is 12.4 Å². The molecule has 1 aliphatic rings. The molecule has 0 aromatic heterocycles. The number of carbonyl (C=O) groups excluding carboxylic acids is 2. The molecule has 11 heteroatoms. The third kappa shape index (κ3) is 44.4. The first-order valence-corrected chi connectivity index (χ1v) is 34.3. The van der Waals surface area contributed by atoms with Gasteiger partial charge in [-0.15, -0.1) is 0 Å². The summed E-state index contributed by atoms with van der Waals surface area (Å²) in [7, 11) is 0. The Balaban J connectivity index is 2.61. The minimum absolute atomic E-state index is 0.129. The second kappa shape index (κ2) is 57.3. The lowest BCUT2D eigenvalue weighted by Crippen LogP contribution is -2.61. The van der Waals surface area contributed by atoms with Crippen LogP contribution in [0.1, 0.15) is 329 Å². The van der Waals surface area contributed by atoms with Gasteiger partial charge in [-0.25, -0.2) is 0 Å². The Labute approximate surface area is 492 Å². The molecule has 0 bridgehead atoms. The number of nitrogens with one attached hydrogen (secondary N) is 1. The molecule has 0 aliphatic carbocycles. The molecule has 0 radical (unpaired) electrons. The Bertz CT molecular complexity index is 1440. The lowest BCUT2D eigenvalue weighted by Gasteiger charge is -2.41. The van der Waals surface area contributed by atoms with Crippen LogP contribution in [0.2, 0.25) is 0 Å². The molecule has 470 valence electrons. The number of allylic oxidation sites excluding steroid dienone is 5. The van der Waals surface area contributed by atoms with E-state index in [4.69, 9.17) is 14.2 Å². The van der Waals surface area contributed by atoms with Gasteiger partial charge in [-0.1, -0.05) is 301 Å². The van der Waals surface area contributed by atoms with E-state index >= 15 is 0 Å². The topological polar surface area (TPSA) is 175 Å². The van der Waals surface area contributed by atoms with Gasteiger partial charge in [-0.05, 0) is 57.8 Å². The minimum Gasteiger partial charge on any atom is -0.454 e. The molecule has 1 amide bonds. The minimum atomic E-state index is -1.61. The molecule has 6 N–H and O–H groups in total. The van der Waals surface area contributed by atoms with Crippen LogP contribution in [0.25, 0.3) is 0 Å². The van der Waals surface area contributed by atoms with Crippen molar-refractivity contribution in [1.82, 2.24) is 5.32 Å². The van der Waals surface area contributed by atoms with Crippen LogP contribution in [-0.2, 0) is 23.8 Å². The fourth-order valence-electron chi connectivity index (χ4n) is 10.9. The van der Waals surface area contributed by atoms with Gasteiger partial charge < -0.3 is 45.1 Å². The van der Waals surface area contributed by atoms with E-state index in [0.717, 1.165) is 70.6 Å². The highest BCUT2D eigenvalue weighted by Crippen LogP contribution is 2.26. The molecule has 0 saturated carbocycles. The highest BCUT2D eigenvalue weighted by molar-refractivity contribution is 5.80. The molecule has 11 nitrogen and oxygen atoms in total. The van der Waals surface area contributed by atoms with Crippen LogP contribution in [-0.4, -0.2) is 99.6 Å². The zero-order chi connectivity index (χ0) is 58.2. The average molecular weight is 1130 g/mol. The van der Waals surface area contributed by atoms with Crippen molar-refractivity contribution < 1.29 is 49.3 Å². The van der Waals surface area contributed by atoms with Crippen LogP contribution < -0.4 is 5.32 Å². The molecule has 8 unspecified atom stereocenters. The number of esters is 1. The highest BCUT2D eigenvalue weighted by atomic mass is 16.7. The predicted molar refractivity (Wildman–Crippen MR) is 334 cm³/mol. The zero-order valence-electron chi connectivity index (χ0n) is 52.2. The van der Waals surface area contributed by atoms with E-state index in [1.54, 1.807) is 6.08 Å². The third-order valence-electron chi connectivity index (χ3n) is 16.3. The van der Waals surface area contributed by atoms with E-state index in [0.29, 0.717) is 19.3 Å². The van der Waals surface area contributed by atoms with Crippen LogP contribution in [0.3, 0.4) is 0 Å². The molecule has 8 atom stereocenters. The molecule has 0 aromatic carbocycles. The first kappa shape index (κ1) is 75.9. The number of aliphatic hydroxyl groups is 5. The van der Waals surface area contributed by atoms with Crippen LogP contribution in [0.15, 0.2) is 36.5 Å². The van der Waals surface area contributed by atoms with Gasteiger partial charge in [0.1, 0.15) is 24.4 Å². The normalized spacial score (nSPS) is 18.9. The molecule has 0 aromatic rings. The van der Waals surface area contributed by atoms with Crippen LogP contribution in [0.4, 0.5) is 0 Å². The second-order valence-corrected chi connectivity index (χ2v) is 23.9. The molecular formula is C69H129NO10. The monoisotopic (exact) mass is 1130 g/mol. The lowest BCUT2D eigenvalue weighted by atomic mass is 9.99. The number of aliphatic hydroxyl groups excluding tert-OH is 5. The van der Waals surface area contributed by atoms with Gasteiger partial charge in [0.05, 0.1) is 25.4 Å². The summed E-state index contributed by atoms with van der Waals surface area (Å²) >= 11 is 0. The van der Waals surface area contributed by atoms with E-state index < -0.39 is 67.4 Å². The summed E-state index contributed by atoms with van der Waals surface area (Å²) in [6.45, 7) is 5.81. The van der Waals surface area contributed by atoms with Crippen molar-refractivity contribution in [1.29, 1.82) is 0 Å². The molecule has 1 fully saturated rings. The van der Waals surface area contributed by atoms with Gasteiger partial charge in [0.25, 0.3) is 0 Å². The summed E-state index contributed by atoms with van der Waals surface area (Å²) in [4.78, 5) is 26.6. The zero-order valence-corrected chi connectivity index (χ0v) is 52.2. The number of carbonyl (C=O) groups is 2. The third-order valence-corrected chi connectivity index (χ3v) is 16.3. The fourth-order valence-corrected chi connectivity index (χ4v) is 10.9. The number of amides is 1. The molecule has 1 aliphatic heterocycles. The van der Waals surface area contributed by atoms with Gasteiger partial charge in [-0.2, -0.15) is 0 Å². The summed E-state index contributed by atoms with van der Waals surface area (Å²) in [6, 6.07) is -1.02. The van der Waals surface area contributed by atoms with Gasteiger partial charge in [0, 0.05) is 6.42 Å². The smallest absolute Gasteiger partial charge is 0.306 e. The SMILES string of the molecule is CCCCC/C=C\C/C=C\CCCCCCCCCCCCC(O)C(=O)NC(COC1OC(CO)C(O)C(O)C1OC(=O)CCCCCCCCCCCCCCCCCCCCC)C(O)/C=C/CCCCCCCCCCCC. The highest BCUT2D eigenvalue weighted by Gasteiger charge is 2.47. The summed E-state index contributed by atoms with van der Waals surface area (Å²) in [5, 5.41) is 57.2. The van der Waals surface area contributed by atoms with E-state index in [1.165, 1.54) is 212 Å². The number of hydrogen-bond acceptors (Lipinski definition) is 10. The van der Waals surface area contributed by atoms with Crippen molar-refractivity contribution in [3.63, 3.8) is 0 Å². The average Bonchev–Trinajstić information content (AvgIpc) is 3.45. The molecular weight excluding hydrogens is 1000 g/mol. The van der Waals surface area contributed by atoms with Crippen LogP contribution >= 0.6 is 0 Å². The van der Waals surface area contributed by atoms with Crippen molar-refractivity contribution in [3.05, 3.63) is 36.5 Å². The summed E-state index contributed by atoms with van der Waals surface area (Å²) < 4.78 is 17.7. The Morgan fingerprint density at radius 1 is 0.487 bits per heavy atom. The molecule has 1 rings (SSSR count). The summed E-state index contributed by atoms with van der Waals surface area (Å²) in [5.74, 6) is -1.18. The van der Waals surface area contributed by atoms with Gasteiger partial charge in [0.2, 0.25) is 5.91 Å². The largest absolute Gasteiger partial charge is 0.454 e. The van der Waals surface area contributed by atoms with Gasteiger partial charge >= 0.3 is 5.97 Å². The first-order valence-electron chi connectivity index (χ1n) is 34.3. The first-order chi connectivity index (χ1) is 39.2. The van der Waals surface area contributed by atoms with Crippen LogP contribution in [0, 0.1) is 0 Å². The van der Waals surface area contributed by atoms with Crippen LogP contribution in [0.5, 0.6) is 0 Å². The van der Waals surface area contributed by atoms with E-state index in [1.807, 2.05) is 6.08 Å². The van der Waals surface area contributed by atoms with E-state index in [9.17, 15) is 35.1 Å². The Kier molecular flexibility index (Phi) is 54.4. The van der Waals surface area contributed by atoms with Crippen molar-refractivity contribution in [2.24, 2.45) is 0 Å². The number of rotatable bonds is 59. The lowest BCUT2D eigenvalue weighted by molar-refractivity contribution is -0.305. The van der Waals surface area contributed by atoms with E-state index in [2.05, 4.69) is 50.4 Å². The maximum absolute atomic E-state index is 13.5. The maximum Gasteiger partial charge on any atom is 0.306 e. The van der Waals surface area contributed by atoms with Gasteiger partial charge in [-0.3, -0.25) is 9.59 Å². The number of hydrogen-bond donors (Lipinski definition) is 6.